The molecule has 3 aromatic rings. The number of carbonyl (C=O) groups excluding carboxylic acids is 1. The summed E-state index contributed by atoms with van der Waals surface area (Å²) in [6.45, 7) is 2.66. The van der Waals surface area contributed by atoms with Crippen LogP contribution >= 0.6 is 0 Å². The van der Waals surface area contributed by atoms with Crippen molar-refractivity contribution < 1.29 is 14.1 Å². The van der Waals surface area contributed by atoms with Crippen molar-refractivity contribution in [3.05, 3.63) is 59.9 Å². The molecule has 1 fully saturated rings. The number of quaternary nitrogens is 1. The van der Waals surface area contributed by atoms with Crippen molar-refractivity contribution in [3.63, 3.8) is 0 Å². The first-order valence-corrected chi connectivity index (χ1v) is 8.46. The Morgan fingerprint density at radius 2 is 1.75 bits per heavy atom. The van der Waals surface area contributed by atoms with Crippen LogP contribution in [-0.4, -0.2) is 30.4 Å². The first-order chi connectivity index (χ1) is 11.7. The van der Waals surface area contributed by atoms with Gasteiger partial charge in [-0.05, 0) is 35.9 Å². The van der Waals surface area contributed by atoms with E-state index >= 15 is 0 Å². The molecule has 2 heterocycles. The standard InChI is InChI=1S/C20H19FN2O/c21-15-9-7-14(8-10-15)20-19(16-5-1-2-6-17(16)22-20)18(24)13-23-11-3-4-12-23/h1-2,5-10,22H,3-4,11-13H2/p+1. The third-order valence-electron chi connectivity index (χ3n) is 4.84. The minimum absolute atomic E-state index is 0.156. The van der Waals surface area contributed by atoms with Crippen LogP contribution in [0.3, 0.4) is 0 Å². The summed E-state index contributed by atoms with van der Waals surface area (Å²) in [7, 11) is 0. The Hall–Kier alpha value is -2.46. The van der Waals surface area contributed by atoms with Crippen LogP contribution in [0.15, 0.2) is 48.5 Å². The van der Waals surface area contributed by atoms with Crippen molar-refractivity contribution in [1.29, 1.82) is 0 Å². The highest BCUT2D eigenvalue weighted by Gasteiger charge is 2.25. The van der Waals surface area contributed by atoms with Gasteiger partial charge in [0.1, 0.15) is 12.4 Å². The lowest BCUT2D eigenvalue weighted by Crippen LogP contribution is -3.10. The molecule has 2 aromatic carbocycles. The minimum Gasteiger partial charge on any atom is -0.354 e. The number of hydrogen-bond acceptors (Lipinski definition) is 1. The zero-order chi connectivity index (χ0) is 16.5. The smallest absolute Gasteiger partial charge is 0.219 e. The highest BCUT2D eigenvalue weighted by Crippen LogP contribution is 2.30. The predicted octanol–water partition coefficient (Wildman–Crippen LogP) is 2.84. The molecule has 1 aromatic heterocycles. The molecule has 0 spiro atoms. The molecule has 24 heavy (non-hydrogen) atoms. The monoisotopic (exact) mass is 323 g/mol. The molecule has 4 rings (SSSR count). The Bertz CT molecular complexity index is 876. The lowest BCUT2D eigenvalue weighted by Gasteiger charge is -2.11. The summed E-state index contributed by atoms with van der Waals surface area (Å²) in [6, 6.07) is 14.2. The van der Waals surface area contributed by atoms with E-state index in [1.807, 2.05) is 24.3 Å². The second-order valence-corrected chi connectivity index (χ2v) is 6.48. The molecule has 122 valence electrons. The number of carbonyl (C=O) groups is 1. The fraction of sp³-hybridized carbons (Fsp3) is 0.250. The minimum atomic E-state index is -0.274. The Balaban J connectivity index is 1.80. The molecular weight excluding hydrogens is 303 g/mol. The lowest BCUT2D eigenvalue weighted by atomic mass is 10.0. The van der Waals surface area contributed by atoms with E-state index in [4.69, 9.17) is 0 Å². The normalized spacial score (nSPS) is 15.2. The maximum absolute atomic E-state index is 13.3. The number of rotatable bonds is 4. The quantitative estimate of drug-likeness (QED) is 0.712. The van der Waals surface area contributed by atoms with Gasteiger partial charge in [-0.2, -0.15) is 0 Å². The Morgan fingerprint density at radius 3 is 2.50 bits per heavy atom. The second-order valence-electron chi connectivity index (χ2n) is 6.48. The summed E-state index contributed by atoms with van der Waals surface area (Å²) in [4.78, 5) is 17.7. The fourth-order valence-electron chi connectivity index (χ4n) is 3.63. The first kappa shape index (κ1) is 15.1. The van der Waals surface area contributed by atoms with Gasteiger partial charge < -0.3 is 9.88 Å². The van der Waals surface area contributed by atoms with Gasteiger partial charge in [0, 0.05) is 23.7 Å². The van der Waals surface area contributed by atoms with Gasteiger partial charge >= 0.3 is 0 Å². The van der Waals surface area contributed by atoms with E-state index in [2.05, 4.69) is 4.98 Å². The summed E-state index contributed by atoms with van der Waals surface area (Å²) < 4.78 is 13.3. The summed E-state index contributed by atoms with van der Waals surface area (Å²) >= 11 is 0. The van der Waals surface area contributed by atoms with Gasteiger partial charge in [-0.25, -0.2) is 4.39 Å². The van der Waals surface area contributed by atoms with Crippen LogP contribution in [0.1, 0.15) is 23.2 Å². The van der Waals surface area contributed by atoms with Gasteiger partial charge in [0.2, 0.25) is 5.78 Å². The summed E-state index contributed by atoms with van der Waals surface area (Å²) in [5.41, 5.74) is 3.31. The van der Waals surface area contributed by atoms with Crippen LogP contribution in [0.25, 0.3) is 22.2 Å². The molecule has 1 aliphatic heterocycles. The number of hydrogen-bond donors (Lipinski definition) is 2. The molecule has 0 atom stereocenters. The van der Waals surface area contributed by atoms with Gasteiger partial charge in [-0.3, -0.25) is 4.79 Å². The van der Waals surface area contributed by atoms with Crippen LogP contribution in [0, 0.1) is 5.82 Å². The number of nitrogens with one attached hydrogen (secondary N) is 2. The zero-order valence-corrected chi connectivity index (χ0v) is 13.4. The van der Waals surface area contributed by atoms with E-state index in [-0.39, 0.29) is 11.6 Å². The molecule has 1 saturated heterocycles. The molecule has 0 bridgehead atoms. The van der Waals surface area contributed by atoms with Gasteiger partial charge in [0.25, 0.3) is 0 Å². The van der Waals surface area contributed by atoms with Crippen LogP contribution in [0.5, 0.6) is 0 Å². The van der Waals surface area contributed by atoms with Crippen LogP contribution in [-0.2, 0) is 0 Å². The lowest BCUT2D eigenvalue weighted by molar-refractivity contribution is -0.878. The molecule has 2 N–H and O–H groups in total. The van der Waals surface area contributed by atoms with Gasteiger partial charge in [-0.15, -0.1) is 0 Å². The number of likely N-dealkylation sites (tertiary alicyclic amines) is 1. The van der Waals surface area contributed by atoms with Crippen molar-refractivity contribution in [2.24, 2.45) is 0 Å². The Labute approximate surface area is 140 Å². The molecule has 1 aliphatic rings. The summed E-state index contributed by atoms with van der Waals surface area (Å²) in [5, 5.41) is 0.945. The van der Waals surface area contributed by atoms with E-state index in [0.29, 0.717) is 6.54 Å². The van der Waals surface area contributed by atoms with Crippen molar-refractivity contribution >= 4 is 16.7 Å². The third kappa shape index (κ3) is 2.74. The van der Waals surface area contributed by atoms with Crippen molar-refractivity contribution in [3.8, 4) is 11.3 Å². The van der Waals surface area contributed by atoms with E-state index < -0.39 is 0 Å². The van der Waals surface area contributed by atoms with Crippen molar-refractivity contribution in [1.82, 2.24) is 4.98 Å². The first-order valence-electron chi connectivity index (χ1n) is 8.46. The number of para-hydroxylation sites is 1. The summed E-state index contributed by atoms with van der Waals surface area (Å²) in [6.07, 6.45) is 2.39. The Morgan fingerprint density at radius 1 is 1.04 bits per heavy atom. The number of aromatic nitrogens is 1. The average Bonchev–Trinajstić information content (AvgIpc) is 3.22. The van der Waals surface area contributed by atoms with E-state index in [1.165, 1.54) is 29.9 Å². The SMILES string of the molecule is O=C(C[NH+]1CCCC1)c1c(-c2ccc(F)cc2)[nH]c2ccccc12. The van der Waals surface area contributed by atoms with E-state index in [9.17, 15) is 9.18 Å². The van der Waals surface area contributed by atoms with Gasteiger partial charge in [0.05, 0.1) is 24.3 Å². The van der Waals surface area contributed by atoms with E-state index in [1.54, 1.807) is 12.1 Å². The Kier molecular flexibility index (Phi) is 3.90. The maximum Gasteiger partial charge on any atom is 0.219 e. The number of aromatic amines is 1. The predicted molar refractivity (Wildman–Crippen MR) is 92.8 cm³/mol. The van der Waals surface area contributed by atoms with Crippen molar-refractivity contribution in [2.75, 3.05) is 19.6 Å². The van der Waals surface area contributed by atoms with Crippen LogP contribution in [0.4, 0.5) is 4.39 Å². The second kappa shape index (κ2) is 6.21. The zero-order valence-electron chi connectivity index (χ0n) is 13.4. The molecular formula is C20H20FN2O+. The van der Waals surface area contributed by atoms with Gasteiger partial charge in [0.15, 0.2) is 0 Å². The number of benzene rings is 2. The highest BCUT2D eigenvalue weighted by atomic mass is 19.1. The third-order valence-corrected chi connectivity index (χ3v) is 4.84. The van der Waals surface area contributed by atoms with Gasteiger partial charge in [-0.1, -0.05) is 18.2 Å². The fourth-order valence-corrected chi connectivity index (χ4v) is 3.63. The van der Waals surface area contributed by atoms with Crippen LogP contribution in [0.2, 0.25) is 0 Å². The topological polar surface area (TPSA) is 37.3 Å². The molecule has 0 aliphatic carbocycles. The molecule has 4 heteroatoms. The largest absolute Gasteiger partial charge is 0.354 e. The number of H-pyrrole nitrogens is 1. The van der Waals surface area contributed by atoms with E-state index in [0.717, 1.165) is 40.8 Å². The molecule has 0 saturated carbocycles. The molecule has 0 radical (unpaired) electrons. The highest BCUT2D eigenvalue weighted by molar-refractivity contribution is 6.13. The molecule has 0 amide bonds. The number of halogens is 1. The summed E-state index contributed by atoms with van der Waals surface area (Å²) in [5.74, 6) is -0.118. The number of Topliss-reactive ketones (excluding diaryl/α,β-unsaturated/α-hetero) is 1. The molecule has 0 unspecified atom stereocenters. The molecule has 3 nitrogen and oxygen atoms in total. The van der Waals surface area contributed by atoms with Crippen LogP contribution < -0.4 is 4.90 Å². The maximum atomic E-state index is 13.3. The van der Waals surface area contributed by atoms with Crippen molar-refractivity contribution in [2.45, 2.75) is 12.8 Å². The number of fused-ring (bicyclic) bond motifs is 1. The average molecular weight is 323 g/mol. The number of ketones is 1.